The number of aromatic carboxylic acids is 1. The molecule has 1 aliphatic heterocycles. The molecule has 2 amide bonds. The number of sulfone groups is 1. The molecule has 0 saturated carbocycles. The number of nitrogens with one attached hydrogen (secondary N) is 1. The fourth-order valence-electron chi connectivity index (χ4n) is 7.75. The fraction of sp³-hybridized carbons (Fsp3) is 0.429. The zero-order valence-electron chi connectivity index (χ0n) is 39.3. The SMILES string of the molecule is CCCCCCCCCCCCCCCCCC1=NN(c2ccc(OCC)c(S(=O)(=O)O)c2)C(=O)C1(C)N=Nc1ccc(NC(=O)c2ccccc2)cc1S(=O)(=O)c1ccc(O)c(C(=O)O)c1.[Na]. The predicted octanol–water partition coefficient (Wildman–Crippen LogP) is 10.9. The number of carbonyl (C=O) groups is 3. The maximum atomic E-state index is 14.5. The minimum absolute atomic E-state index is 0. The van der Waals surface area contributed by atoms with Crippen LogP contribution in [0.15, 0.2) is 115 Å². The number of rotatable bonds is 27. The van der Waals surface area contributed by atoms with Crippen molar-refractivity contribution < 1.29 is 50.7 Å². The summed E-state index contributed by atoms with van der Waals surface area (Å²) in [6.45, 7) is 5.42. The summed E-state index contributed by atoms with van der Waals surface area (Å²) in [5.41, 5.74) is -2.22. The summed E-state index contributed by atoms with van der Waals surface area (Å²) in [4.78, 5) is 37.9. The van der Waals surface area contributed by atoms with Crippen molar-refractivity contribution in [3.8, 4) is 11.5 Å². The number of aromatic hydroxyl groups is 1. The van der Waals surface area contributed by atoms with Gasteiger partial charge in [0.25, 0.3) is 21.9 Å². The monoisotopic (exact) mass is 982 g/mol. The Kier molecular flexibility index (Phi) is 21.4. The summed E-state index contributed by atoms with van der Waals surface area (Å²) in [5.74, 6) is -3.67. The van der Waals surface area contributed by atoms with E-state index in [0.29, 0.717) is 6.42 Å². The second-order valence-electron chi connectivity index (χ2n) is 16.7. The van der Waals surface area contributed by atoms with E-state index in [2.05, 4.69) is 27.6 Å². The molecule has 4 aromatic rings. The molecule has 0 saturated heterocycles. The molecule has 4 aromatic carbocycles. The zero-order valence-corrected chi connectivity index (χ0v) is 42.9. The first-order valence-corrected chi connectivity index (χ1v) is 25.8. The van der Waals surface area contributed by atoms with E-state index in [0.717, 1.165) is 61.0 Å². The molecule has 0 spiro atoms. The first kappa shape index (κ1) is 55.6. The zero-order chi connectivity index (χ0) is 48.6. The van der Waals surface area contributed by atoms with E-state index < -0.39 is 69.3 Å². The van der Waals surface area contributed by atoms with Crippen molar-refractivity contribution >= 4 is 90.1 Å². The molecule has 19 heteroatoms. The van der Waals surface area contributed by atoms with Crippen molar-refractivity contribution in [3.63, 3.8) is 0 Å². The van der Waals surface area contributed by atoms with Gasteiger partial charge in [-0.25, -0.2) is 13.2 Å². The predicted molar refractivity (Wildman–Crippen MR) is 262 cm³/mol. The average molecular weight is 983 g/mol. The van der Waals surface area contributed by atoms with Gasteiger partial charge in [0, 0.05) is 40.8 Å². The van der Waals surface area contributed by atoms with Crippen molar-refractivity contribution in [2.45, 2.75) is 144 Å². The van der Waals surface area contributed by atoms with Crippen LogP contribution in [-0.4, -0.2) is 96.8 Å². The molecule has 0 bridgehead atoms. The molecule has 0 fully saturated rings. The number of carboxylic acids is 1. The largest absolute Gasteiger partial charge is 0.507 e. The number of hydrogen-bond donors (Lipinski definition) is 4. The number of phenols is 1. The minimum atomic E-state index is -4.81. The molecule has 0 aromatic heterocycles. The smallest absolute Gasteiger partial charge is 0.339 e. The maximum absolute atomic E-state index is 14.5. The van der Waals surface area contributed by atoms with E-state index in [9.17, 15) is 46.0 Å². The van der Waals surface area contributed by atoms with Crippen LogP contribution in [0.5, 0.6) is 11.5 Å². The first-order valence-electron chi connectivity index (χ1n) is 22.9. The molecule has 16 nitrogen and oxygen atoms in total. The van der Waals surface area contributed by atoms with Crippen LogP contribution in [0.25, 0.3) is 0 Å². The molecule has 5 rings (SSSR count). The maximum Gasteiger partial charge on any atom is 0.339 e. The number of hydrogen-bond acceptors (Lipinski definition) is 12. The molecule has 1 aliphatic rings. The van der Waals surface area contributed by atoms with Crippen LogP contribution in [0, 0.1) is 0 Å². The van der Waals surface area contributed by atoms with Gasteiger partial charge in [0.2, 0.25) is 9.84 Å². The van der Waals surface area contributed by atoms with Gasteiger partial charge in [-0.15, -0.1) is 0 Å². The van der Waals surface area contributed by atoms with Crippen LogP contribution in [0.3, 0.4) is 0 Å². The van der Waals surface area contributed by atoms with Gasteiger partial charge < -0.3 is 20.3 Å². The second kappa shape index (κ2) is 26.1. The summed E-state index contributed by atoms with van der Waals surface area (Å²) in [5, 5.41) is 36.9. The molecule has 68 heavy (non-hydrogen) atoms. The van der Waals surface area contributed by atoms with Gasteiger partial charge in [0.05, 0.1) is 22.9 Å². The number of ether oxygens (including phenoxy) is 1. The molecule has 1 radical (unpaired) electrons. The number of anilines is 2. The summed E-state index contributed by atoms with van der Waals surface area (Å²) < 4.78 is 69.1. The molecular weight excluding hydrogens is 922 g/mol. The summed E-state index contributed by atoms with van der Waals surface area (Å²) >= 11 is 0. The van der Waals surface area contributed by atoms with Crippen LogP contribution >= 0.6 is 0 Å². The number of nitrogens with zero attached hydrogens (tertiary/aromatic N) is 4. The molecule has 361 valence electrons. The standard InChI is InChI=1S/C49H61N5O11S2.Na/c1-4-6-7-8-9-10-11-12-13-14-15-16-17-18-22-25-45-49(3,48(59)54(52-45)37-27-31-42(65-5-2)44(33-37)67(62,63)64)53-51-40-29-26-36(50-46(56)35-23-20-19-21-24-35)32-43(40)66(60,61)38-28-30-41(55)39(34-38)47(57)58;/h19-21,23-24,26-34,55H,4-18,22,25H2,1-3H3,(H,50,56)(H,57,58)(H,62,63,64);. The summed E-state index contributed by atoms with van der Waals surface area (Å²) in [6, 6.07) is 18.5. The van der Waals surface area contributed by atoms with Crippen LogP contribution < -0.4 is 15.1 Å². The van der Waals surface area contributed by atoms with E-state index >= 15 is 0 Å². The first-order chi connectivity index (χ1) is 32.0. The number of carboxylic acid groups (broad SMARTS) is 1. The van der Waals surface area contributed by atoms with Crippen molar-refractivity contribution in [3.05, 3.63) is 96.1 Å². The number of benzene rings is 4. The molecule has 4 N–H and O–H groups in total. The number of carbonyl (C=O) groups excluding carboxylic acids is 2. The second-order valence-corrected chi connectivity index (χ2v) is 20.0. The Hall–Kier alpha value is -4.98. The van der Waals surface area contributed by atoms with Gasteiger partial charge in [0.1, 0.15) is 32.5 Å². The molecular formula is C49H61N5NaO11S2. The van der Waals surface area contributed by atoms with Gasteiger partial charge in [-0.3, -0.25) is 14.1 Å². The third-order valence-electron chi connectivity index (χ3n) is 11.6. The van der Waals surface area contributed by atoms with E-state index in [-0.39, 0.29) is 76.7 Å². The van der Waals surface area contributed by atoms with Crippen LogP contribution in [0.2, 0.25) is 0 Å². The Labute approximate surface area is 421 Å². The Morgan fingerprint density at radius 3 is 1.94 bits per heavy atom. The fourth-order valence-corrected chi connectivity index (χ4v) is 9.84. The van der Waals surface area contributed by atoms with E-state index in [1.54, 1.807) is 37.3 Å². The van der Waals surface area contributed by atoms with Crippen molar-refractivity contribution in [2.75, 3.05) is 16.9 Å². The molecule has 0 aliphatic carbocycles. The third kappa shape index (κ3) is 14.8. The van der Waals surface area contributed by atoms with Crippen LogP contribution in [0.1, 0.15) is 144 Å². The van der Waals surface area contributed by atoms with Crippen LogP contribution in [-0.2, 0) is 24.7 Å². The van der Waals surface area contributed by atoms with Crippen LogP contribution in [0.4, 0.5) is 17.1 Å². The molecule has 1 unspecified atom stereocenters. The average Bonchev–Trinajstić information content (AvgIpc) is 3.55. The Balaban J connectivity index is 0.0000101. The quantitative estimate of drug-likeness (QED) is 0.0189. The van der Waals surface area contributed by atoms with Gasteiger partial charge in [0.15, 0.2) is 5.54 Å². The third-order valence-corrected chi connectivity index (χ3v) is 14.2. The number of amides is 2. The van der Waals surface area contributed by atoms with Gasteiger partial charge in [-0.2, -0.15) is 28.8 Å². The number of unbranched alkanes of at least 4 members (excludes halogenated alkanes) is 14. The Morgan fingerprint density at radius 1 is 0.765 bits per heavy atom. The van der Waals surface area contributed by atoms with E-state index in [4.69, 9.17) is 4.74 Å². The van der Waals surface area contributed by atoms with Gasteiger partial charge >= 0.3 is 5.97 Å². The topological polar surface area (TPSA) is 242 Å². The van der Waals surface area contributed by atoms with Gasteiger partial charge in [-0.05, 0) is 93.4 Å². The minimum Gasteiger partial charge on any atom is -0.507 e. The summed E-state index contributed by atoms with van der Waals surface area (Å²) in [7, 11) is -9.49. The Morgan fingerprint density at radius 2 is 1.37 bits per heavy atom. The number of hydrazone groups is 1. The van der Waals surface area contributed by atoms with E-state index in [1.807, 2.05) is 0 Å². The summed E-state index contributed by atoms with van der Waals surface area (Å²) in [6.07, 6.45) is 17.5. The van der Waals surface area contributed by atoms with Crippen molar-refractivity contribution in [2.24, 2.45) is 15.3 Å². The van der Waals surface area contributed by atoms with E-state index in [1.165, 1.54) is 95.4 Å². The molecule has 1 atom stereocenters. The van der Waals surface area contributed by atoms with Crippen molar-refractivity contribution in [1.82, 2.24) is 0 Å². The molecule has 1 heterocycles. The Bertz CT molecular complexity index is 2660. The normalized spacial score (nSPS) is 15.0. The number of azo groups is 1. The van der Waals surface area contributed by atoms with Crippen molar-refractivity contribution in [1.29, 1.82) is 0 Å². The van der Waals surface area contributed by atoms with Gasteiger partial charge in [-0.1, -0.05) is 115 Å².